The van der Waals surface area contributed by atoms with E-state index in [1.54, 1.807) is 5.01 Å². The molecule has 11 heteroatoms. The number of piperazine rings is 1. The number of nitrogens with zero attached hydrogens (tertiary/aromatic N) is 4. The van der Waals surface area contributed by atoms with Crippen LogP contribution in [0.2, 0.25) is 0 Å². The summed E-state index contributed by atoms with van der Waals surface area (Å²) in [5.41, 5.74) is 0. The molecule has 3 aliphatic heterocycles. The van der Waals surface area contributed by atoms with E-state index in [2.05, 4.69) is 10.2 Å². The number of hydrazine groups is 1. The monoisotopic (exact) mass is 475 g/mol. The lowest BCUT2D eigenvalue weighted by Gasteiger charge is -2.44. The molecule has 3 aliphatic rings. The summed E-state index contributed by atoms with van der Waals surface area (Å²) in [5, 5.41) is 7.05. The molecule has 1 N–H and O–H groups in total. The molecule has 3 rings (SSSR count). The largest absolute Gasteiger partial charge is 0.468 e. The number of halogens is 3. The van der Waals surface area contributed by atoms with Crippen molar-refractivity contribution in [3.8, 4) is 0 Å². The smallest absolute Gasteiger partial charge is 0.335 e. The van der Waals surface area contributed by atoms with Crippen molar-refractivity contribution in [2.24, 2.45) is 0 Å². The fourth-order valence-corrected chi connectivity index (χ4v) is 4.21. The molecule has 2 amide bonds. The maximum atomic E-state index is 13.1. The van der Waals surface area contributed by atoms with Gasteiger partial charge >= 0.3 is 12.0 Å². The van der Waals surface area contributed by atoms with Crippen molar-refractivity contribution < 1.29 is 14.3 Å². The zero-order valence-corrected chi connectivity index (χ0v) is 19.7. The number of methoxy groups -OCH3 is 1. The molecule has 0 atom stereocenters. The summed E-state index contributed by atoms with van der Waals surface area (Å²) >= 11 is 0. The highest BCUT2D eigenvalue weighted by molar-refractivity contribution is 5.86. The predicted octanol–water partition coefficient (Wildman–Crippen LogP) is 1.62. The lowest BCUT2D eigenvalue weighted by atomic mass is 10.0. The number of rotatable bonds is 4. The summed E-state index contributed by atoms with van der Waals surface area (Å²) in [5.74, 6) is -0.364. The second-order valence-corrected chi connectivity index (χ2v) is 7.43. The summed E-state index contributed by atoms with van der Waals surface area (Å²) in [4.78, 5) is 29.4. The standard InChI is InChI=1S/C18H33N5O3.3ClH/c1-26-17(24)15-23(22-9-3-2-4-10-22)18(25)21-13-11-20(12-14-21)16-5-7-19-8-6-16;;;/h16,19H,2-15H2,1H3;3*1H. The van der Waals surface area contributed by atoms with Crippen LogP contribution >= 0.6 is 37.2 Å². The van der Waals surface area contributed by atoms with Gasteiger partial charge in [-0.3, -0.25) is 9.69 Å². The molecule has 0 bridgehead atoms. The first-order valence-corrected chi connectivity index (χ1v) is 10.0. The van der Waals surface area contributed by atoms with Crippen LogP contribution in [0.15, 0.2) is 0 Å². The van der Waals surface area contributed by atoms with Gasteiger partial charge in [0, 0.05) is 45.3 Å². The number of nitrogens with one attached hydrogen (secondary N) is 1. The van der Waals surface area contributed by atoms with Crippen molar-refractivity contribution in [1.82, 2.24) is 25.1 Å². The van der Waals surface area contributed by atoms with Gasteiger partial charge in [0.2, 0.25) is 0 Å². The van der Waals surface area contributed by atoms with E-state index in [1.165, 1.54) is 26.4 Å². The highest BCUT2D eigenvalue weighted by atomic mass is 35.5. The zero-order chi connectivity index (χ0) is 18.4. The molecule has 0 saturated carbocycles. The van der Waals surface area contributed by atoms with Gasteiger partial charge in [0.15, 0.2) is 0 Å². The molecule has 8 nitrogen and oxygen atoms in total. The average Bonchev–Trinajstić information content (AvgIpc) is 2.72. The van der Waals surface area contributed by atoms with Crippen LogP contribution in [-0.4, -0.2) is 104 Å². The maximum absolute atomic E-state index is 13.1. The Bertz CT molecular complexity index is 483. The van der Waals surface area contributed by atoms with Gasteiger partial charge in [-0.1, -0.05) is 6.42 Å². The molecule has 0 unspecified atom stereocenters. The molecule has 3 heterocycles. The Labute approximate surface area is 192 Å². The first-order chi connectivity index (χ1) is 12.7. The van der Waals surface area contributed by atoms with E-state index in [0.717, 1.165) is 65.2 Å². The van der Waals surface area contributed by atoms with Crippen LogP contribution < -0.4 is 5.32 Å². The van der Waals surface area contributed by atoms with Gasteiger partial charge in [0.05, 0.1) is 7.11 Å². The van der Waals surface area contributed by atoms with E-state index in [9.17, 15) is 9.59 Å². The summed E-state index contributed by atoms with van der Waals surface area (Å²) in [6.45, 7) is 7.14. The normalized spacial score (nSPS) is 21.2. The molecular weight excluding hydrogens is 441 g/mol. The van der Waals surface area contributed by atoms with Gasteiger partial charge in [0.1, 0.15) is 6.54 Å². The minimum atomic E-state index is -0.364. The number of carbonyl (C=O) groups excluding carboxylic acids is 2. The quantitative estimate of drug-likeness (QED) is 0.622. The van der Waals surface area contributed by atoms with Crippen molar-refractivity contribution in [3.63, 3.8) is 0 Å². The van der Waals surface area contributed by atoms with Crippen LogP contribution in [0.1, 0.15) is 32.1 Å². The van der Waals surface area contributed by atoms with Crippen molar-refractivity contribution >= 4 is 49.2 Å². The summed E-state index contributed by atoms with van der Waals surface area (Å²) in [6.07, 6.45) is 5.70. The van der Waals surface area contributed by atoms with Crippen LogP contribution in [0.3, 0.4) is 0 Å². The van der Waals surface area contributed by atoms with Crippen molar-refractivity contribution in [1.29, 1.82) is 0 Å². The Morgan fingerprint density at radius 2 is 1.52 bits per heavy atom. The molecule has 0 aliphatic carbocycles. The van der Waals surface area contributed by atoms with Crippen LogP contribution in [0, 0.1) is 0 Å². The van der Waals surface area contributed by atoms with Gasteiger partial charge in [-0.2, -0.15) is 0 Å². The Morgan fingerprint density at radius 3 is 2.07 bits per heavy atom. The molecule has 0 aromatic heterocycles. The molecule has 0 aromatic rings. The van der Waals surface area contributed by atoms with Crippen molar-refractivity contribution in [2.45, 2.75) is 38.1 Å². The van der Waals surface area contributed by atoms with E-state index in [1.807, 2.05) is 9.91 Å². The third-order valence-electron chi connectivity index (χ3n) is 5.81. The molecule has 0 spiro atoms. The molecule has 29 heavy (non-hydrogen) atoms. The number of hydrogen-bond acceptors (Lipinski definition) is 6. The van der Waals surface area contributed by atoms with Gasteiger partial charge in [-0.05, 0) is 38.8 Å². The Morgan fingerprint density at radius 1 is 0.931 bits per heavy atom. The molecule has 0 radical (unpaired) electrons. The molecule has 3 fully saturated rings. The SMILES string of the molecule is COC(=O)CN(C(=O)N1CCN(C2CCNCC2)CC1)N1CCCCC1.Cl.Cl.Cl. The number of ether oxygens (including phenoxy) is 1. The summed E-state index contributed by atoms with van der Waals surface area (Å²) in [6, 6.07) is 0.587. The van der Waals surface area contributed by atoms with E-state index in [-0.39, 0.29) is 55.8 Å². The summed E-state index contributed by atoms with van der Waals surface area (Å²) in [7, 11) is 1.37. The summed E-state index contributed by atoms with van der Waals surface area (Å²) < 4.78 is 4.81. The number of carbonyl (C=O) groups is 2. The molecular formula is C18H36Cl3N5O3. The van der Waals surface area contributed by atoms with Gasteiger partial charge in [0.25, 0.3) is 0 Å². The zero-order valence-electron chi connectivity index (χ0n) is 17.2. The number of hydrogen-bond donors (Lipinski definition) is 1. The van der Waals surface area contributed by atoms with Crippen LogP contribution in [0.5, 0.6) is 0 Å². The first kappa shape index (κ1) is 28.5. The Balaban J connectivity index is 0.00000261. The second-order valence-electron chi connectivity index (χ2n) is 7.43. The molecule has 0 aromatic carbocycles. The topological polar surface area (TPSA) is 68.4 Å². The highest BCUT2D eigenvalue weighted by Crippen LogP contribution is 2.18. The van der Waals surface area contributed by atoms with Crippen LogP contribution in [0.25, 0.3) is 0 Å². The van der Waals surface area contributed by atoms with Crippen LogP contribution in [-0.2, 0) is 9.53 Å². The van der Waals surface area contributed by atoms with E-state index < -0.39 is 0 Å². The second kappa shape index (κ2) is 14.5. The Hall–Kier alpha value is -0.510. The van der Waals surface area contributed by atoms with Crippen LogP contribution in [0.4, 0.5) is 4.79 Å². The van der Waals surface area contributed by atoms with Crippen molar-refractivity contribution in [3.05, 3.63) is 0 Å². The van der Waals surface area contributed by atoms with Gasteiger partial charge in [-0.25, -0.2) is 14.8 Å². The molecule has 172 valence electrons. The lowest BCUT2D eigenvalue weighted by molar-refractivity contribution is -0.146. The van der Waals surface area contributed by atoms with Gasteiger partial charge < -0.3 is 15.0 Å². The third-order valence-corrected chi connectivity index (χ3v) is 5.81. The van der Waals surface area contributed by atoms with Crippen molar-refractivity contribution in [2.75, 3.05) is 66.0 Å². The predicted molar refractivity (Wildman–Crippen MR) is 120 cm³/mol. The van der Waals surface area contributed by atoms with E-state index in [4.69, 9.17) is 4.74 Å². The molecule has 3 saturated heterocycles. The first-order valence-electron chi connectivity index (χ1n) is 10.0. The van der Waals surface area contributed by atoms with Gasteiger partial charge in [-0.15, -0.1) is 37.2 Å². The number of esters is 1. The minimum absolute atomic E-state index is 0. The number of piperidine rings is 2. The lowest BCUT2D eigenvalue weighted by Crippen LogP contribution is -2.60. The van der Waals surface area contributed by atoms with E-state index >= 15 is 0 Å². The number of urea groups is 1. The average molecular weight is 477 g/mol. The minimum Gasteiger partial charge on any atom is -0.468 e. The fraction of sp³-hybridized carbons (Fsp3) is 0.889. The Kier molecular flexibility index (Phi) is 14.2. The fourth-order valence-electron chi connectivity index (χ4n) is 4.21. The highest BCUT2D eigenvalue weighted by Gasteiger charge is 2.32. The van der Waals surface area contributed by atoms with E-state index in [0.29, 0.717) is 6.04 Å². The number of amides is 2. The third kappa shape index (κ3) is 7.92. The maximum Gasteiger partial charge on any atom is 0.335 e.